The number of oxazole rings is 1. The molecule has 1 fully saturated rings. The Morgan fingerprint density at radius 3 is 2.76 bits per heavy atom. The lowest BCUT2D eigenvalue weighted by atomic mass is 10.1. The number of pyridine rings is 1. The number of anilines is 1. The average molecular weight is 388 g/mol. The third kappa shape index (κ3) is 3.27. The Balaban J connectivity index is 1.49. The van der Waals surface area contributed by atoms with Crippen LogP contribution in [0.4, 0.5) is 5.82 Å². The SMILES string of the molecule is Cc1cccc2nc(-c3cc(-c4cnn(C5CCN(C)CC5)c4)cnc3N)oc12. The third-order valence-corrected chi connectivity index (χ3v) is 5.76. The first-order valence-corrected chi connectivity index (χ1v) is 9.93. The lowest BCUT2D eigenvalue weighted by Crippen LogP contribution is -2.31. The van der Waals surface area contributed by atoms with Crippen LogP contribution in [0.2, 0.25) is 0 Å². The molecule has 4 aromatic rings. The molecule has 0 spiro atoms. The third-order valence-electron chi connectivity index (χ3n) is 5.76. The van der Waals surface area contributed by atoms with Gasteiger partial charge < -0.3 is 15.1 Å². The van der Waals surface area contributed by atoms with Gasteiger partial charge in [-0.2, -0.15) is 5.10 Å². The number of aryl methyl sites for hydroxylation is 1. The van der Waals surface area contributed by atoms with Gasteiger partial charge in [0.1, 0.15) is 11.3 Å². The summed E-state index contributed by atoms with van der Waals surface area (Å²) >= 11 is 0. The van der Waals surface area contributed by atoms with E-state index in [0.29, 0.717) is 23.3 Å². The van der Waals surface area contributed by atoms with E-state index < -0.39 is 0 Å². The highest BCUT2D eigenvalue weighted by molar-refractivity contribution is 5.82. The van der Waals surface area contributed by atoms with E-state index in [1.165, 1.54) is 0 Å². The number of nitrogens with zero attached hydrogens (tertiary/aromatic N) is 5. The first-order chi connectivity index (χ1) is 14.1. The minimum absolute atomic E-state index is 0.403. The molecule has 0 unspecified atom stereocenters. The molecule has 0 aliphatic carbocycles. The molecule has 0 bridgehead atoms. The molecule has 1 saturated heterocycles. The van der Waals surface area contributed by atoms with Crippen LogP contribution in [0, 0.1) is 6.92 Å². The van der Waals surface area contributed by atoms with Crippen LogP contribution in [0.5, 0.6) is 0 Å². The van der Waals surface area contributed by atoms with Gasteiger partial charge in [0.15, 0.2) is 5.58 Å². The van der Waals surface area contributed by atoms with Crippen molar-refractivity contribution in [3.8, 4) is 22.6 Å². The van der Waals surface area contributed by atoms with Crippen molar-refractivity contribution in [3.63, 3.8) is 0 Å². The number of para-hydroxylation sites is 1. The van der Waals surface area contributed by atoms with Gasteiger partial charge in [-0.3, -0.25) is 4.68 Å². The zero-order valence-electron chi connectivity index (χ0n) is 16.7. The number of rotatable bonds is 3. The smallest absolute Gasteiger partial charge is 0.231 e. The standard InChI is InChI=1S/C22H24N6O/c1-14-4-3-5-19-20(14)29-22(26-19)18-10-15(11-24-21(18)23)16-12-25-28(13-16)17-6-8-27(2)9-7-17/h3-5,10-13,17H,6-9H2,1-2H3,(H2,23,24). The van der Waals surface area contributed by atoms with Crippen molar-refractivity contribution >= 4 is 16.9 Å². The molecule has 0 radical (unpaired) electrons. The van der Waals surface area contributed by atoms with E-state index in [9.17, 15) is 0 Å². The Morgan fingerprint density at radius 1 is 1.14 bits per heavy atom. The maximum atomic E-state index is 6.16. The highest BCUT2D eigenvalue weighted by Gasteiger charge is 2.20. The second-order valence-electron chi connectivity index (χ2n) is 7.84. The van der Waals surface area contributed by atoms with Crippen molar-refractivity contribution in [2.45, 2.75) is 25.8 Å². The van der Waals surface area contributed by atoms with Crippen LogP contribution in [0.25, 0.3) is 33.7 Å². The number of nitrogens with two attached hydrogens (primary N) is 1. The topological polar surface area (TPSA) is 86.0 Å². The minimum atomic E-state index is 0.403. The Bertz CT molecular complexity index is 1170. The molecule has 1 aliphatic heterocycles. The summed E-state index contributed by atoms with van der Waals surface area (Å²) in [6.07, 6.45) is 8.01. The average Bonchev–Trinajstić information content (AvgIpc) is 3.37. The molecule has 0 amide bonds. The molecule has 29 heavy (non-hydrogen) atoms. The van der Waals surface area contributed by atoms with E-state index in [0.717, 1.165) is 53.7 Å². The number of hydrogen-bond acceptors (Lipinski definition) is 6. The number of aromatic nitrogens is 4. The first-order valence-electron chi connectivity index (χ1n) is 9.93. The van der Waals surface area contributed by atoms with Crippen LogP contribution < -0.4 is 5.73 Å². The van der Waals surface area contributed by atoms with Gasteiger partial charge in [0, 0.05) is 23.5 Å². The Labute approximate surface area is 169 Å². The Hall–Kier alpha value is -3.19. The molecule has 7 nitrogen and oxygen atoms in total. The van der Waals surface area contributed by atoms with E-state index in [1.54, 1.807) is 6.20 Å². The van der Waals surface area contributed by atoms with Crippen molar-refractivity contribution in [1.29, 1.82) is 0 Å². The van der Waals surface area contributed by atoms with E-state index in [1.807, 2.05) is 37.4 Å². The number of fused-ring (bicyclic) bond motifs is 1. The normalized spacial score (nSPS) is 15.9. The summed E-state index contributed by atoms with van der Waals surface area (Å²) < 4.78 is 8.09. The quantitative estimate of drug-likeness (QED) is 0.573. The molecule has 2 N–H and O–H groups in total. The fourth-order valence-electron chi connectivity index (χ4n) is 3.95. The van der Waals surface area contributed by atoms with E-state index in [2.05, 4.69) is 37.9 Å². The molecule has 4 heterocycles. The maximum absolute atomic E-state index is 6.16. The molecule has 148 valence electrons. The molecule has 1 aliphatic rings. The van der Waals surface area contributed by atoms with E-state index in [-0.39, 0.29) is 0 Å². The second kappa shape index (κ2) is 7.00. The van der Waals surface area contributed by atoms with E-state index in [4.69, 9.17) is 10.2 Å². The summed E-state index contributed by atoms with van der Waals surface area (Å²) in [6, 6.07) is 8.35. The zero-order chi connectivity index (χ0) is 20.0. The van der Waals surface area contributed by atoms with Crippen LogP contribution >= 0.6 is 0 Å². The van der Waals surface area contributed by atoms with Crippen molar-refractivity contribution in [2.24, 2.45) is 0 Å². The van der Waals surface area contributed by atoms with Gasteiger partial charge in [0.25, 0.3) is 0 Å². The van der Waals surface area contributed by atoms with Gasteiger partial charge in [0.05, 0.1) is 17.8 Å². The predicted molar refractivity (Wildman–Crippen MR) is 113 cm³/mol. The van der Waals surface area contributed by atoms with Crippen LogP contribution in [0.15, 0.2) is 47.3 Å². The molecular formula is C22H24N6O. The van der Waals surface area contributed by atoms with Gasteiger partial charge in [-0.05, 0) is 57.6 Å². The molecule has 5 rings (SSSR count). The lowest BCUT2D eigenvalue weighted by Gasteiger charge is -2.28. The molecular weight excluding hydrogens is 364 g/mol. The summed E-state index contributed by atoms with van der Waals surface area (Å²) in [5, 5.41) is 4.61. The van der Waals surface area contributed by atoms with Gasteiger partial charge >= 0.3 is 0 Å². The Kier molecular flexibility index (Phi) is 4.32. The predicted octanol–water partition coefficient (Wildman–Crippen LogP) is 3.91. The number of hydrogen-bond donors (Lipinski definition) is 1. The van der Waals surface area contributed by atoms with Crippen molar-refractivity contribution in [3.05, 3.63) is 48.4 Å². The number of piperidine rings is 1. The monoisotopic (exact) mass is 388 g/mol. The highest BCUT2D eigenvalue weighted by Crippen LogP contribution is 2.32. The fourth-order valence-corrected chi connectivity index (χ4v) is 3.95. The summed E-state index contributed by atoms with van der Waals surface area (Å²) in [5.41, 5.74) is 11.5. The van der Waals surface area contributed by atoms with E-state index >= 15 is 0 Å². The molecule has 0 saturated carbocycles. The summed E-state index contributed by atoms with van der Waals surface area (Å²) in [7, 11) is 2.17. The summed E-state index contributed by atoms with van der Waals surface area (Å²) in [5.74, 6) is 0.893. The minimum Gasteiger partial charge on any atom is -0.436 e. The molecule has 1 aromatic carbocycles. The molecule has 7 heteroatoms. The van der Waals surface area contributed by atoms with Crippen LogP contribution in [0.3, 0.4) is 0 Å². The van der Waals surface area contributed by atoms with Gasteiger partial charge in [-0.15, -0.1) is 0 Å². The van der Waals surface area contributed by atoms with Crippen LogP contribution in [-0.2, 0) is 0 Å². The summed E-state index contributed by atoms with van der Waals surface area (Å²) in [4.78, 5) is 11.4. The lowest BCUT2D eigenvalue weighted by molar-refractivity contribution is 0.212. The largest absolute Gasteiger partial charge is 0.436 e. The molecule has 3 aromatic heterocycles. The van der Waals surface area contributed by atoms with Crippen molar-refractivity contribution in [2.75, 3.05) is 25.9 Å². The zero-order valence-corrected chi connectivity index (χ0v) is 16.7. The number of likely N-dealkylation sites (tertiary alicyclic amines) is 1. The first kappa shape index (κ1) is 17.9. The number of benzene rings is 1. The van der Waals surface area contributed by atoms with Crippen LogP contribution in [0.1, 0.15) is 24.4 Å². The molecule has 0 atom stereocenters. The highest BCUT2D eigenvalue weighted by atomic mass is 16.3. The summed E-state index contributed by atoms with van der Waals surface area (Å²) in [6.45, 7) is 4.21. The number of nitrogen functional groups attached to an aromatic ring is 1. The maximum Gasteiger partial charge on any atom is 0.231 e. The van der Waals surface area contributed by atoms with Gasteiger partial charge in [-0.25, -0.2) is 9.97 Å². The van der Waals surface area contributed by atoms with Crippen LogP contribution in [-0.4, -0.2) is 44.8 Å². The van der Waals surface area contributed by atoms with Crippen molar-refractivity contribution < 1.29 is 4.42 Å². The Morgan fingerprint density at radius 2 is 1.97 bits per heavy atom. The fraction of sp³-hybridized carbons (Fsp3) is 0.318. The van der Waals surface area contributed by atoms with Crippen molar-refractivity contribution in [1.82, 2.24) is 24.6 Å². The van der Waals surface area contributed by atoms with Gasteiger partial charge in [-0.1, -0.05) is 12.1 Å². The van der Waals surface area contributed by atoms with Gasteiger partial charge in [0.2, 0.25) is 5.89 Å². The second-order valence-corrected chi connectivity index (χ2v) is 7.84.